The summed E-state index contributed by atoms with van der Waals surface area (Å²) in [7, 11) is 0. The lowest BCUT2D eigenvalue weighted by Crippen LogP contribution is -2.25. The molecule has 4 aromatic carbocycles. The van der Waals surface area contributed by atoms with Crippen molar-refractivity contribution < 1.29 is 0 Å². The minimum absolute atomic E-state index is 1.31. The molecule has 0 amide bonds. The zero-order chi connectivity index (χ0) is 25.5. The maximum Gasteiger partial charge on any atom is -0.000142 e. The molecule has 2 aliphatic rings. The third-order valence-electron chi connectivity index (χ3n) is 8.03. The fourth-order valence-electron chi connectivity index (χ4n) is 6.89. The van der Waals surface area contributed by atoms with Crippen molar-refractivity contribution in [2.45, 2.75) is 55.4 Å². The molecule has 0 saturated carbocycles. The smallest absolute Gasteiger partial charge is 0.000142 e. The zero-order valence-electron chi connectivity index (χ0n) is 22.8. The molecule has 0 heterocycles. The number of aryl methyl sites for hydroxylation is 8. The van der Waals surface area contributed by atoms with Crippen LogP contribution < -0.4 is 10.4 Å². The molecule has 0 aromatic heterocycles. The zero-order valence-corrected chi connectivity index (χ0v) is 22.8. The van der Waals surface area contributed by atoms with Crippen LogP contribution in [0.1, 0.15) is 66.8 Å². The quantitative estimate of drug-likeness (QED) is 0.289. The predicted octanol–water partition coefficient (Wildman–Crippen LogP) is 7.38. The van der Waals surface area contributed by atoms with E-state index >= 15 is 0 Å². The highest BCUT2D eigenvalue weighted by atomic mass is 14.4. The van der Waals surface area contributed by atoms with E-state index < -0.39 is 0 Å². The van der Waals surface area contributed by atoms with E-state index in [1.54, 1.807) is 0 Å². The van der Waals surface area contributed by atoms with Crippen LogP contribution in [0, 0.1) is 55.4 Å². The van der Waals surface area contributed by atoms with Crippen molar-refractivity contribution in [2.75, 3.05) is 0 Å². The first-order chi connectivity index (χ1) is 17.2. The molecule has 2 aliphatic carbocycles. The van der Waals surface area contributed by atoms with Crippen molar-refractivity contribution in [1.82, 2.24) is 0 Å². The number of allylic oxidation sites excluding steroid dienone is 1. The lowest BCUT2D eigenvalue weighted by atomic mass is 9.84. The molecule has 0 N–H and O–H groups in total. The fourth-order valence-corrected chi connectivity index (χ4v) is 6.89. The van der Waals surface area contributed by atoms with E-state index in [1.807, 2.05) is 0 Å². The number of rotatable bonds is 2. The van der Waals surface area contributed by atoms with Crippen LogP contribution in [0.15, 0.2) is 66.2 Å². The first-order valence-electron chi connectivity index (χ1n) is 13.0. The van der Waals surface area contributed by atoms with Crippen molar-refractivity contribution in [2.24, 2.45) is 0 Å². The molecule has 0 bridgehead atoms. The summed E-state index contributed by atoms with van der Waals surface area (Å²) in [6.07, 6.45) is 0. The monoisotopic (exact) mass is 466 g/mol. The van der Waals surface area contributed by atoms with Gasteiger partial charge in [0.15, 0.2) is 0 Å². The van der Waals surface area contributed by atoms with E-state index in [9.17, 15) is 0 Å². The Morgan fingerprint density at radius 1 is 0.333 bits per heavy atom. The van der Waals surface area contributed by atoms with E-state index in [0.29, 0.717) is 0 Å². The van der Waals surface area contributed by atoms with E-state index in [-0.39, 0.29) is 0 Å². The Labute approximate surface area is 215 Å². The van der Waals surface area contributed by atoms with Gasteiger partial charge in [-0.15, -0.1) is 0 Å². The lowest BCUT2D eigenvalue weighted by Gasteiger charge is -2.19. The Morgan fingerprint density at radius 3 is 1.42 bits per heavy atom. The largest absolute Gasteiger partial charge is 0.0587 e. The molecule has 0 nitrogen and oxygen atoms in total. The van der Waals surface area contributed by atoms with Gasteiger partial charge in [0, 0.05) is 0 Å². The third kappa shape index (κ3) is 3.21. The maximum absolute atomic E-state index is 2.40. The van der Waals surface area contributed by atoms with Crippen molar-refractivity contribution in [3.05, 3.63) is 143 Å². The molecular weight excluding hydrogens is 432 g/mol. The summed E-state index contributed by atoms with van der Waals surface area (Å²) in [6, 6.07) is 23.4. The Morgan fingerprint density at radius 2 is 0.833 bits per heavy atom. The topological polar surface area (TPSA) is 0 Å². The van der Waals surface area contributed by atoms with Gasteiger partial charge in [-0.1, -0.05) is 82.9 Å². The Hall–Kier alpha value is -3.64. The van der Waals surface area contributed by atoms with Crippen LogP contribution in [0.25, 0.3) is 16.7 Å². The molecule has 6 rings (SSSR count). The second kappa shape index (κ2) is 7.93. The molecule has 0 unspecified atom stereocenters. The molecule has 0 fully saturated rings. The summed E-state index contributed by atoms with van der Waals surface area (Å²) in [5, 5.41) is 2.74. The Kier molecular flexibility index (Phi) is 5.02. The predicted molar refractivity (Wildman–Crippen MR) is 154 cm³/mol. The second-order valence-corrected chi connectivity index (χ2v) is 11.1. The van der Waals surface area contributed by atoms with E-state index in [1.165, 1.54) is 99.5 Å². The SMILES string of the molecule is Cc1cc(C)c(C2=C3C(=c4ccc(C)cc4=C3c3c(C)cc(C)cc3C)c3ccc(C)cc32)c(C)c1. The maximum atomic E-state index is 2.40. The van der Waals surface area contributed by atoms with Crippen LogP contribution in [0.3, 0.4) is 0 Å². The summed E-state index contributed by atoms with van der Waals surface area (Å²) in [5.41, 5.74) is 21.8. The summed E-state index contributed by atoms with van der Waals surface area (Å²) in [4.78, 5) is 0. The van der Waals surface area contributed by atoms with Gasteiger partial charge in [-0.25, -0.2) is 0 Å². The molecule has 0 atom stereocenters. The lowest BCUT2D eigenvalue weighted by molar-refractivity contribution is 1.27. The molecule has 0 radical (unpaired) electrons. The standard InChI is InChI=1S/C36H34/c1-19-9-11-27-29(17-19)34(31-23(5)13-21(3)14-24(31)6)36-33(27)28-12-10-20(2)18-30(28)35(36)32-25(7)15-22(4)16-26(32)8/h9-18H,1-8H3. The summed E-state index contributed by atoms with van der Waals surface area (Å²) < 4.78 is 0. The number of benzene rings is 4. The Balaban J connectivity index is 1.88. The van der Waals surface area contributed by atoms with Gasteiger partial charge in [-0.05, 0) is 133 Å². The number of hydrogen-bond donors (Lipinski definition) is 0. The number of fused-ring (bicyclic) bond motifs is 4. The van der Waals surface area contributed by atoms with Crippen LogP contribution in [-0.2, 0) is 0 Å². The van der Waals surface area contributed by atoms with Crippen molar-refractivity contribution in [3.8, 4) is 0 Å². The minimum Gasteiger partial charge on any atom is -0.0587 e. The normalized spacial score (nSPS) is 13.9. The summed E-state index contributed by atoms with van der Waals surface area (Å²) in [5.74, 6) is 0. The van der Waals surface area contributed by atoms with Gasteiger partial charge in [0.1, 0.15) is 0 Å². The second-order valence-electron chi connectivity index (χ2n) is 11.1. The van der Waals surface area contributed by atoms with Gasteiger partial charge in [0.25, 0.3) is 0 Å². The van der Waals surface area contributed by atoms with Gasteiger partial charge in [-0.3, -0.25) is 0 Å². The highest BCUT2D eigenvalue weighted by Gasteiger charge is 2.36. The van der Waals surface area contributed by atoms with Gasteiger partial charge in [-0.2, -0.15) is 0 Å². The summed E-state index contributed by atoms with van der Waals surface area (Å²) in [6.45, 7) is 18.0. The first-order valence-corrected chi connectivity index (χ1v) is 13.0. The van der Waals surface area contributed by atoms with Crippen LogP contribution in [0.4, 0.5) is 0 Å². The molecule has 36 heavy (non-hydrogen) atoms. The van der Waals surface area contributed by atoms with E-state index in [2.05, 4.69) is 116 Å². The third-order valence-corrected chi connectivity index (χ3v) is 8.03. The minimum atomic E-state index is 1.31. The van der Waals surface area contributed by atoms with E-state index in [0.717, 1.165) is 0 Å². The average molecular weight is 467 g/mol. The summed E-state index contributed by atoms with van der Waals surface area (Å²) >= 11 is 0. The highest BCUT2D eigenvalue weighted by Crippen LogP contribution is 2.51. The molecule has 0 aliphatic heterocycles. The highest BCUT2D eigenvalue weighted by molar-refractivity contribution is 6.17. The molecular formula is C36H34. The van der Waals surface area contributed by atoms with Crippen molar-refractivity contribution in [1.29, 1.82) is 0 Å². The van der Waals surface area contributed by atoms with Gasteiger partial charge < -0.3 is 0 Å². The van der Waals surface area contributed by atoms with Crippen molar-refractivity contribution in [3.63, 3.8) is 0 Å². The average Bonchev–Trinajstić information content (AvgIpc) is 3.25. The van der Waals surface area contributed by atoms with Crippen LogP contribution in [0.5, 0.6) is 0 Å². The van der Waals surface area contributed by atoms with Crippen LogP contribution in [-0.4, -0.2) is 0 Å². The molecule has 0 heteroatoms. The van der Waals surface area contributed by atoms with E-state index in [4.69, 9.17) is 0 Å². The fraction of sp³-hybridized carbons (Fsp3) is 0.222. The molecule has 0 spiro atoms. The van der Waals surface area contributed by atoms with Gasteiger partial charge >= 0.3 is 0 Å². The van der Waals surface area contributed by atoms with Crippen LogP contribution in [0.2, 0.25) is 0 Å². The molecule has 4 aromatic rings. The van der Waals surface area contributed by atoms with Gasteiger partial charge in [0.05, 0.1) is 0 Å². The Bertz CT molecular complexity index is 1740. The van der Waals surface area contributed by atoms with Gasteiger partial charge in [0.2, 0.25) is 0 Å². The first kappa shape index (κ1) is 22.8. The molecule has 178 valence electrons. The molecule has 0 saturated heterocycles. The van der Waals surface area contributed by atoms with Crippen LogP contribution >= 0.6 is 0 Å². The number of hydrogen-bond acceptors (Lipinski definition) is 0. The van der Waals surface area contributed by atoms with Crippen molar-refractivity contribution >= 4 is 16.7 Å².